The number of benzene rings is 2. The van der Waals surface area contributed by atoms with E-state index in [9.17, 15) is 22.8 Å². The second kappa shape index (κ2) is 8.16. The predicted molar refractivity (Wildman–Crippen MR) is 100 cm³/mol. The van der Waals surface area contributed by atoms with Crippen molar-refractivity contribution in [1.82, 2.24) is 0 Å². The van der Waals surface area contributed by atoms with Crippen molar-refractivity contribution in [3.8, 4) is 22.8 Å². The zero-order valence-corrected chi connectivity index (χ0v) is 16.0. The Morgan fingerprint density at radius 2 is 1.93 bits per heavy atom. The SMILES string of the molecule is O=C(O)CCOc1cc(OC(F)(F)F)ccc1-c1cc(=O)c2cccc(Br)c2o1. The summed E-state index contributed by atoms with van der Waals surface area (Å²) in [5, 5.41) is 9.07. The van der Waals surface area contributed by atoms with Gasteiger partial charge < -0.3 is 19.0 Å². The molecule has 0 unspecified atom stereocenters. The molecule has 0 aliphatic carbocycles. The lowest BCUT2D eigenvalue weighted by Crippen LogP contribution is -2.17. The topological polar surface area (TPSA) is 86.0 Å². The maximum absolute atomic E-state index is 12.5. The first-order chi connectivity index (χ1) is 13.6. The summed E-state index contributed by atoms with van der Waals surface area (Å²) in [4.78, 5) is 23.1. The van der Waals surface area contributed by atoms with Crippen molar-refractivity contribution in [3.63, 3.8) is 0 Å². The molecule has 3 aromatic rings. The molecular formula is C19H12BrF3O6. The molecular weight excluding hydrogens is 461 g/mol. The molecule has 0 fully saturated rings. The van der Waals surface area contributed by atoms with Crippen LogP contribution in [0.3, 0.4) is 0 Å². The predicted octanol–water partition coefficient (Wildman–Crippen LogP) is 4.97. The van der Waals surface area contributed by atoms with Gasteiger partial charge in [0.15, 0.2) is 11.0 Å². The van der Waals surface area contributed by atoms with Gasteiger partial charge in [-0.15, -0.1) is 13.2 Å². The molecule has 0 atom stereocenters. The Kier molecular flexibility index (Phi) is 5.83. The molecule has 0 amide bonds. The molecule has 0 saturated carbocycles. The second-order valence-electron chi connectivity index (χ2n) is 5.79. The molecule has 2 aromatic carbocycles. The molecule has 0 radical (unpaired) electrons. The number of carboxylic acid groups (broad SMARTS) is 1. The van der Waals surface area contributed by atoms with Gasteiger partial charge in [-0.3, -0.25) is 9.59 Å². The number of ether oxygens (including phenoxy) is 2. The number of aliphatic carboxylic acids is 1. The van der Waals surface area contributed by atoms with Crippen LogP contribution in [-0.2, 0) is 4.79 Å². The molecule has 0 spiro atoms. The molecule has 6 nitrogen and oxygen atoms in total. The van der Waals surface area contributed by atoms with Gasteiger partial charge in [0.25, 0.3) is 0 Å². The largest absolute Gasteiger partial charge is 0.573 e. The average molecular weight is 473 g/mol. The van der Waals surface area contributed by atoms with Gasteiger partial charge in [-0.05, 0) is 40.2 Å². The Balaban J connectivity index is 2.09. The smallest absolute Gasteiger partial charge is 0.492 e. The van der Waals surface area contributed by atoms with Gasteiger partial charge in [0.05, 0.1) is 28.5 Å². The molecule has 1 N–H and O–H groups in total. The number of hydrogen-bond acceptors (Lipinski definition) is 5. The van der Waals surface area contributed by atoms with E-state index in [4.69, 9.17) is 14.3 Å². The van der Waals surface area contributed by atoms with Crippen LogP contribution in [0.1, 0.15) is 6.42 Å². The summed E-state index contributed by atoms with van der Waals surface area (Å²) in [6.45, 7) is -0.306. The van der Waals surface area contributed by atoms with Crippen molar-refractivity contribution < 1.29 is 37.0 Å². The standard InChI is InChI=1S/C19H12BrF3O6/c20-13-3-1-2-11-14(24)9-16(28-18(11)13)12-5-4-10(29-19(21,22)23)8-15(12)27-7-6-17(25)26/h1-5,8-9H,6-7H2,(H,25,26). The van der Waals surface area contributed by atoms with Crippen molar-refractivity contribution in [1.29, 1.82) is 0 Å². The van der Waals surface area contributed by atoms with E-state index >= 15 is 0 Å². The summed E-state index contributed by atoms with van der Waals surface area (Å²) in [6, 6.07) is 9.30. The lowest BCUT2D eigenvalue weighted by atomic mass is 10.1. The highest BCUT2D eigenvalue weighted by molar-refractivity contribution is 9.10. The van der Waals surface area contributed by atoms with E-state index in [1.165, 1.54) is 12.1 Å². The minimum atomic E-state index is -4.92. The fraction of sp³-hybridized carbons (Fsp3) is 0.158. The van der Waals surface area contributed by atoms with Gasteiger partial charge in [-0.1, -0.05) is 6.07 Å². The first-order valence-corrected chi connectivity index (χ1v) is 8.90. The normalized spacial score (nSPS) is 11.4. The molecule has 10 heteroatoms. The lowest BCUT2D eigenvalue weighted by molar-refractivity contribution is -0.274. The van der Waals surface area contributed by atoms with E-state index in [-0.39, 0.29) is 41.1 Å². The maximum Gasteiger partial charge on any atom is 0.573 e. The van der Waals surface area contributed by atoms with Crippen LogP contribution in [0.4, 0.5) is 13.2 Å². The third kappa shape index (κ3) is 5.08. The first kappa shape index (κ1) is 20.7. The van der Waals surface area contributed by atoms with Crippen LogP contribution in [0.2, 0.25) is 0 Å². The van der Waals surface area contributed by atoms with Crippen molar-refractivity contribution in [2.45, 2.75) is 12.8 Å². The number of fused-ring (bicyclic) bond motifs is 1. The Bertz CT molecular complexity index is 1120. The quantitative estimate of drug-likeness (QED) is 0.544. The summed E-state index contributed by atoms with van der Waals surface area (Å²) in [5.74, 6) is -1.79. The van der Waals surface area contributed by atoms with Crippen LogP contribution in [0.15, 0.2) is 56.1 Å². The summed E-state index contributed by atoms with van der Waals surface area (Å²) in [5.41, 5.74) is 0.0522. The van der Waals surface area contributed by atoms with Crippen LogP contribution in [0.5, 0.6) is 11.5 Å². The summed E-state index contributed by atoms with van der Waals surface area (Å²) in [7, 11) is 0. The van der Waals surface area contributed by atoms with E-state index in [2.05, 4.69) is 20.7 Å². The molecule has 29 heavy (non-hydrogen) atoms. The van der Waals surface area contributed by atoms with E-state index in [0.717, 1.165) is 12.1 Å². The van der Waals surface area contributed by atoms with Gasteiger partial charge >= 0.3 is 12.3 Å². The minimum absolute atomic E-state index is 0.0401. The number of rotatable bonds is 6. The van der Waals surface area contributed by atoms with Crippen molar-refractivity contribution in [2.24, 2.45) is 0 Å². The van der Waals surface area contributed by atoms with Crippen LogP contribution < -0.4 is 14.9 Å². The Hall–Kier alpha value is -3.01. The zero-order chi connectivity index (χ0) is 21.2. The molecule has 0 saturated heterocycles. The molecule has 3 rings (SSSR count). The highest BCUT2D eigenvalue weighted by Crippen LogP contribution is 2.36. The second-order valence-corrected chi connectivity index (χ2v) is 6.64. The monoisotopic (exact) mass is 472 g/mol. The zero-order valence-electron chi connectivity index (χ0n) is 14.5. The van der Waals surface area contributed by atoms with Crippen molar-refractivity contribution in [2.75, 3.05) is 6.61 Å². The molecule has 0 bridgehead atoms. The highest BCUT2D eigenvalue weighted by atomic mass is 79.9. The first-order valence-electron chi connectivity index (χ1n) is 8.11. The number of carboxylic acids is 1. The Morgan fingerprint density at radius 1 is 1.17 bits per heavy atom. The molecule has 1 aromatic heterocycles. The molecule has 0 aliphatic heterocycles. The van der Waals surface area contributed by atoms with Gasteiger partial charge in [0.1, 0.15) is 17.3 Å². The summed E-state index contributed by atoms with van der Waals surface area (Å²) in [6.07, 6.45) is -5.29. The van der Waals surface area contributed by atoms with Crippen LogP contribution in [0.25, 0.3) is 22.3 Å². The van der Waals surface area contributed by atoms with E-state index < -0.39 is 18.1 Å². The number of carbonyl (C=O) groups is 1. The van der Waals surface area contributed by atoms with Gasteiger partial charge in [-0.25, -0.2) is 0 Å². The fourth-order valence-corrected chi connectivity index (χ4v) is 2.99. The third-order valence-corrected chi connectivity index (χ3v) is 4.36. The fourth-order valence-electron chi connectivity index (χ4n) is 2.55. The number of hydrogen-bond donors (Lipinski definition) is 1. The van der Waals surface area contributed by atoms with E-state index in [1.54, 1.807) is 18.2 Å². The number of halogens is 4. The average Bonchev–Trinajstić information content (AvgIpc) is 2.61. The Labute approximate surface area is 169 Å². The molecule has 152 valence electrons. The van der Waals surface area contributed by atoms with Crippen molar-refractivity contribution >= 4 is 32.9 Å². The van der Waals surface area contributed by atoms with Crippen LogP contribution in [-0.4, -0.2) is 24.0 Å². The summed E-state index contributed by atoms with van der Waals surface area (Å²) >= 11 is 3.28. The van der Waals surface area contributed by atoms with E-state index in [0.29, 0.717) is 9.86 Å². The molecule has 0 aliphatic rings. The molecule has 1 heterocycles. The van der Waals surface area contributed by atoms with Crippen LogP contribution in [0, 0.1) is 0 Å². The Morgan fingerprint density at radius 3 is 2.62 bits per heavy atom. The van der Waals surface area contributed by atoms with Crippen LogP contribution >= 0.6 is 15.9 Å². The van der Waals surface area contributed by atoms with Gasteiger partial charge in [0.2, 0.25) is 0 Å². The van der Waals surface area contributed by atoms with E-state index in [1.807, 2.05) is 0 Å². The van der Waals surface area contributed by atoms with Gasteiger partial charge in [0, 0.05) is 12.1 Å². The number of alkyl halides is 3. The highest BCUT2D eigenvalue weighted by Gasteiger charge is 2.31. The summed E-state index contributed by atoms with van der Waals surface area (Å²) < 4.78 is 53.1. The third-order valence-electron chi connectivity index (χ3n) is 3.73. The maximum atomic E-state index is 12.5. The van der Waals surface area contributed by atoms with Crippen molar-refractivity contribution in [3.05, 3.63) is 57.2 Å². The number of para-hydroxylation sites is 1. The minimum Gasteiger partial charge on any atom is -0.492 e. The van der Waals surface area contributed by atoms with Gasteiger partial charge in [-0.2, -0.15) is 0 Å². The lowest BCUT2D eigenvalue weighted by Gasteiger charge is -2.14.